The Balaban J connectivity index is 4.62. The minimum absolute atomic E-state index is 1.08. The van der Waals surface area contributed by atoms with Crippen LogP contribution in [0.3, 0.4) is 0 Å². The Morgan fingerprint density at radius 2 is 1.90 bits per heavy atom. The Bertz CT molecular complexity index is 170. The molecule has 0 radical (unpaired) electrons. The molecule has 0 nitrogen and oxygen atoms in total. The van der Waals surface area contributed by atoms with Crippen molar-refractivity contribution in [3.63, 3.8) is 0 Å². The molecule has 0 bridgehead atoms. The highest BCUT2D eigenvalue weighted by Crippen LogP contribution is 2.15. The van der Waals surface area contributed by atoms with Crippen molar-refractivity contribution in [3.8, 4) is 0 Å². The molecule has 0 saturated carbocycles. The molecule has 0 N–H and O–H groups in total. The standard InChI is InChI=1S/C10H16/c1-6-9(5)10(7-2)8(3)4/h7H,2-3,6H2,1,4-5H3/b10-9-. The Kier molecular flexibility index (Phi) is 3.78. The first-order valence-corrected chi connectivity index (χ1v) is 3.61. The molecule has 0 heteroatoms. The van der Waals surface area contributed by atoms with Gasteiger partial charge in [-0.1, -0.05) is 37.3 Å². The van der Waals surface area contributed by atoms with Gasteiger partial charge in [0.15, 0.2) is 0 Å². The minimum Gasteiger partial charge on any atom is -0.0985 e. The number of hydrogen-bond donors (Lipinski definition) is 0. The van der Waals surface area contributed by atoms with Crippen LogP contribution in [0, 0.1) is 0 Å². The molecule has 0 rings (SSSR count). The van der Waals surface area contributed by atoms with E-state index in [2.05, 4.69) is 27.0 Å². The van der Waals surface area contributed by atoms with Crippen molar-refractivity contribution < 1.29 is 0 Å². The number of allylic oxidation sites excluding steroid dienone is 4. The summed E-state index contributed by atoms with van der Waals surface area (Å²) in [5, 5.41) is 0. The maximum atomic E-state index is 3.87. The van der Waals surface area contributed by atoms with Gasteiger partial charge in [0.05, 0.1) is 0 Å². The fourth-order valence-electron chi connectivity index (χ4n) is 0.903. The van der Waals surface area contributed by atoms with Gasteiger partial charge in [-0.15, -0.1) is 0 Å². The lowest BCUT2D eigenvalue weighted by Crippen LogP contribution is -1.84. The van der Waals surface area contributed by atoms with Gasteiger partial charge in [0, 0.05) is 0 Å². The molecule has 0 spiro atoms. The summed E-state index contributed by atoms with van der Waals surface area (Å²) in [6.07, 6.45) is 2.95. The summed E-state index contributed by atoms with van der Waals surface area (Å²) in [5.41, 5.74) is 3.68. The van der Waals surface area contributed by atoms with E-state index in [-0.39, 0.29) is 0 Å². The van der Waals surface area contributed by atoms with Gasteiger partial charge >= 0.3 is 0 Å². The molecule has 0 aromatic rings. The zero-order valence-electron chi connectivity index (χ0n) is 7.20. The lowest BCUT2D eigenvalue weighted by Gasteiger charge is -2.04. The van der Waals surface area contributed by atoms with Crippen LogP contribution in [0.1, 0.15) is 27.2 Å². The molecule has 0 aliphatic rings. The molecular formula is C10H16. The van der Waals surface area contributed by atoms with Crippen LogP contribution >= 0.6 is 0 Å². The molecule has 0 aromatic heterocycles. The maximum absolute atomic E-state index is 3.87. The summed E-state index contributed by atoms with van der Waals surface area (Å²) in [6, 6.07) is 0. The van der Waals surface area contributed by atoms with Gasteiger partial charge in [-0.25, -0.2) is 0 Å². The average molecular weight is 136 g/mol. The monoisotopic (exact) mass is 136 g/mol. The fraction of sp³-hybridized carbons (Fsp3) is 0.400. The van der Waals surface area contributed by atoms with Gasteiger partial charge in [-0.2, -0.15) is 0 Å². The van der Waals surface area contributed by atoms with Gasteiger partial charge in [0.25, 0.3) is 0 Å². The van der Waals surface area contributed by atoms with Gasteiger partial charge in [0.2, 0.25) is 0 Å². The van der Waals surface area contributed by atoms with Crippen molar-refractivity contribution in [1.82, 2.24) is 0 Å². The first kappa shape index (κ1) is 9.22. The maximum Gasteiger partial charge on any atom is -0.0250 e. The summed E-state index contributed by atoms with van der Waals surface area (Å²) in [5.74, 6) is 0. The van der Waals surface area contributed by atoms with E-state index in [0.29, 0.717) is 0 Å². The van der Waals surface area contributed by atoms with E-state index in [1.54, 1.807) is 0 Å². The predicted molar refractivity (Wildman–Crippen MR) is 48.0 cm³/mol. The first-order chi connectivity index (χ1) is 4.63. The third-order valence-electron chi connectivity index (χ3n) is 1.65. The minimum atomic E-state index is 1.08. The molecule has 0 unspecified atom stereocenters. The van der Waals surface area contributed by atoms with Gasteiger partial charge < -0.3 is 0 Å². The Labute approximate surface area is 64.0 Å². The summed E-state index contributed by atoms with van der Waals surface area (Å²) < 4.78 is 0. The van der Waals surface area contributed by atoms with Crippen molar-refractivity contribution in [3.05, 3.63) is 36.0 Å². The van der Waals surface area contributed by atoms with E-state index in [1.807, 2.05) is 13.0 Å². The van der Waals surface area contributed by atoms with E-state index in [4.69, 9.17) is 0 Å². The number of hydrogen-bond acceptors (Lipinski definition) is 0. The molecule has 0 atom stereocenters. The predicted octanol–water partition coefficient (Wildman–Crippen LogP) is 3.48. The quantitative estimate of drug-likeness (QED) is 0.521. The van der Waals surface area contributed by atoms with Crippen LogP contribution in [0.4, 0.5) is 0 Å². The molecule has 0 heterocycles. The van der Waals surface area contributed by atoms with E-state index in [1.165, 1.54) is 11.1 Å². The van der Waals surface area contributed by atoms with Crippen molar-refractivity contribution in [2.24, 2.45) is 0 Å². The van der Waals surface area contributed by atoms with Crippen LogP contribution in [0.15, 0.2) is 36.0 Å². The summed E-state index contributed by atoms with van der Waals surface area (Å²) >= 11 is 0. The zero-order valence-corrected chi connectivity index (χ0v) is 7.20. The molecule has 0 aromatic carbocycles. The van der Waals surface area contributed by atoms with Crippen LogP contribution < -0.4 is 0 Å². The molecule has 0 saturated heterocycles. The molecule has 0 amide bonds. The Morgan fingerprint density at radius 3 is 2.00 bits per heavy atom. The highest BCUT2D eigenvalue weighted by molar-refractivity contribution is 5.38. The van der Waals surface area contributed by atoms with Crippen molar-refractivity contribution >= 4 is 0 Å². The van der Waals surface area contributed by atoms with Crippen LogP contribution in [0.5, 0.6) is 0 Å². The summed E-state index contributed by atoms with van der Waals surface area (Å²) in [6.45, 7) is 13.9. The molecule has 10 heavy (non-hydrogen) atoms. The topological polar surface area (TPSA) is 0 Å². The van der Waals surface area contributed by atoms with E-state index >= 15 is 0 Å². The van der Waals surface area contributed by atoms with Crippen LogP contribution in [-0.2, 0) is 0 Å². The van der Waals surface area contributed by atoms with E-state index in [0.717, 1.165) is 12.0 Å². The average Bonchev–Trinajstić information content (AvgIpc) is 1.88. The molecule has 0 aliphatic carbocycles. The first-order valence-electron chi connectivity index (χ1n) is 3.61. The largest absolute Gasteiger partial charge is 0.0985 e. The van der Waals surface area contributed by atoms with Crippen molar-refractivity contribution in [2.75, 3.05) is 0 Å². The van der Waals surface area contributed by atoms with E-state index < -0.39 is 0 Å². The van der Waals surface area contributed by atoms with Crippen molar-refractivity contribution in [1.29, 1.82) is 0 Å². The highest BCUT2D eigenvalue weighted by atomic mass is 14.0. The third kappa shape index (κ3) is 2.22. The second-order valence-corrected chi connectivity index (χ2v) is 2.53. The van der Waals surface area contributed by atoms with Crippen molar-refractivity contribution in [2.45, 2.75) is 27.2 Å². The van der Waals surface area contributed by atoms with Gasteiger partial charge in [-0.3, -0.25) is 0 Å². The molecule has 0 aliphatic heterocycles. The van der Waals surface area contributed by atoms with Gasteiger partial charge in [0.1, 0.15) is 0 Å². The van der Waals surface area contributed by atoms with E-state index in [9.17, 15) is 0 Å². The smallest absolute Gasteiger partial charge is 0.0250 e. The summed E-state index contributed by atoms with van der Waals surface area (Å²) in [7, 11) is 0. The molecule has 0 fully saturated rings. The fourth-order valence-corrected chi connectivity index (χ4v) is 0.903. The summed E-state index contributed by atoms with van der Waals surface area (Å²) in [4.78, 5) is 0. The second kappa shape index (κ2) is 4.10. The highest BCUT2D eigenvalue weighted by Gasteiger charge is 1.95. The normalized spacial score (nSPS) is 12.3. The van der Waals surface area contributed by atoms with Gasteiger partial charge in [-0.05, 0) is 25.8 Å². The Hall–Kier alpha value is -0.780. The molecular weight excluding hydrogens is 120 g/mol. The Morgan fingerprint density at radius 1 is 1.40 bits per heavy atom. The lowest BCUT2D eigenvalue weighted by molar-refractivity contribution is 1.07. The van der Waals surface area contributed by atoms with Crippen LogP contribution in [-0.4, -0.2) is 0 Å². The second-order valence-electron chi connectivity index (χ2n) is 2.53. The third-order valence-corrected chi connectivity index (χ3v) is 1.65. The molecule has 56 valence electrons. The SMILES string of the molecule is C=C/C(C(=C)C)=C(\C)CC. The van der Waals surface area contributed by atoms with Crippen LogP contribution in [0.25, 0.3) is 0 Å². The zero-order chi connectivity index (χ0) is 8.15. The van der Waals surface area contributed by atoms with Crippen LogP contribution in [0.2, 0.25) is 0 Å². The number of rotatable bonds is 3. The lowest BCUT2D eigenvalue weighted by atomic mass is 10.0.